The minimum atomic E-state index is -0.394. The summed E-state index contributed by atoms with van der Waals surface area (Å²) in [5, 5.41) is 14.1. The largest absolute Gasteiger partial charge is 0.382 e. The number of carbonyl (C=O) groups excluding carboxylic acids is 1. The van der Waals surface area contributed by atoms with E-state index >= 15 is 0 Å². The Morgan fingerprint density at radius 3 is 2.90 bits per heavy atom. The first kappa shape index (κ1) is 14.1. The first-order valence-electron chi connectivity index (χ1n) is 6.54. The highest BCUT2D eigenvalue weighted by atomic mass is 16.6. The van der Waals surface area contributed by atoms with E-state index in [-0.39, 0.29) is 17.5 Å². The van der Waals surface area contributed by atoms with E-state index < -0.39 is 4.92 Å². The van der Waals surface area contributed by atoms with Crippen LogP contribution in [0.25, 0.3) is 0 Å². The molecule has 1 aliphatic rings. The molecule has 0 aromatic heterocycles. The van der Waals surface area contributed by atoms with Crippen LogP contribution in [0.4, 0.5) is 17.1 Å². The van der Waals surface area contributed by atoms with Crippen LogP contribution in [0.3, 0.4) is 0 Å². The number of benzene rings is 1. The Balaban J connectivity index is 2.37. The zero-order chi connectivity index (χ0) is 14.7. The number of hydrogen-bond acceptors (Lipinski definition) is 5. The van der Waals surface area contributed by atoms with E-state index in [1.54, 1.807) is 25.2 Å². The van der Waals surface area contributed by atoms with Gasteiger partial charge in [0, 0.05) is 20.1 Å². The van der Waals surface area contributed by atoms with E-state index in [1.807, 2.05) is 4.90 Å². The second kappa shape index (κ2) is 5.77. The van der Waals surface area contributed by atoms with Crippen molar-refractivity contribution in [3.63, 3.8) is 0 Å². The molecular formula is C13H18N4O3. The Labute approximate surface area is 116 Å². The summed E-state index contributed by atoms with van der Waals surface area (Å²) in [4.78, 5) is 24.1. The smallest absolute Gasteiger partial charge is 0.315 e. The Morgan fingerprint density at radius 2 is 2.30 bits per heavy atom. The fourth-order valence-electron chi connectivity index (χ4n) is 2.61. The van der Waals surface area contributed by atoms with E-state index in [9.17, 15) is 14.9 Å². The summed E-state index contributed by atoms with van der Waals surface area (Å²) in [6.07, 6.45) is 1.54. The van der Waals surface area contributed by atoms with Crippen molar-refractivity contribution in [2.45, 2.75) is 12.8 Å². The molecule has 1 heterocycles. The van der Waals surface area contributed by atoms with Gasteiger partial charge in [-0.25, -0.2) is 0 Å². The van der Waals surface area contributed by atoms with Gasteiger partial charge in [0.2, 0.25) is 5.91 Å². The van der Waals surface area contributed by atoms with Crippen molar-refractivity contribution in [1.82, 2.24) is 0 Å². The molecule has 1 unspecified atom stereocenters. The standard InChI is InChI=1S/C13H18N4O3/c1-15-10-5-2-6-11(12(10)17(19)20)16-7-3-4-9(8-16)13(14)18/h2,5-6,9,15H,3-4,7-8H2,1H3,(H2,14,18). The van der Waals surface area contributed by atoms with Gasteiger partial charge in [-0.3, -0.25) is 14.9 Å². The molecular weight excluding hydrogens is 260 g/mol. The van der Waals surface area contributed by atoms with Crippen molar-refractivity contribution >= 4 is 23.0 Å². The van der Waals surface area contributed by atoms with Crippen molar-refractivity contribution in [1.29, 1.82) is 0 Å². The zero-order valence-electron chi connectivity index (χ0n) is 11.3. The van der Waals surface area contributed by atoms with Crippen LogP contribution in [0, 0.1) is 16.0 Å². The molecule has 2 rings (SSSR count). The molecule has 3 N–H and O–H groups in total. The normalized spacial score (nSPS) is 18.6. The van der Waals surface area contributed by atoms with Crippen LogP contribution in [0.1, 0.15) is 12.8 Å². The lowest BCUT2D eigenvalue weighted by atomic mass is 9.96. The molecule has 0 saturated carbocycles. The Bertz CT molecular complexity index is 532. The highest BCUT2D eigenvalue weighted by Crippen LogP contribution is 2.37. The number of amides is 1. The summed E-state index contributed by atoms with van der Waals surface area (Å²) in [5.41, 5.74) is 6.39. The molecule has 7 heteroatoms. The van der Waals surface area contributed by atoms with Crippen molar-refractivity contribution in [2.75, 3.05) is 30.4 Å². The number of nitro benzene ring substituents is 1. The maximum absolute atomic E-state index is 11.3. The predicted molar refractivity (Wildman–Crippen MR) is 76.8 cm³/mol. The number of anilines is 2. The van der Waals surface area contributed by atoms with Gasteiger partial charge in [-0.15, -0.1) is 0 Å². The number of piperidine rings is 1. The first-order valence-corrected chi connectivity index (χ1v) is 6.54. The van der Waals surface area contributed by atoms with Crippen LogP contribution in [-0.2, 0) is 4.79 Å². The molecule has 1 aromatic rings. The number of primary amides is 1. The van der Waals surface area contributed by atoms with Crippen LogP contribution >= 0.6 is 0 Å². The third-order valence-corrected chi connectivity index (χ3v) is 3.63. The van der Waals surface area contributed by atoms with Gasteiger partial charge < -0.3 is 16.0 Å². The van der Waals surface area contributed by atoms with Crippen LogP contribution in [-0.4, -0.2) is 31.0 Å². The van der Waals surface area contributed by atoms with Gasteiger partial charge in [0.25, 0.3) is 0 Å². The van der Waals surface area contributed by atoms with E-state index in [1.165, 1.54) is 0 Å². The van der Waals surface area contributed by atoms with Crippen LogP contribution < -0.4 is 16.0 Å². The number of carbonyl (C=O) groups is 1. The average molecular weight is 278 g/mol. The molecule has 108 valence electrons. The lowest BCUT2D eigenvalue weighted by Crippen LogP contribution is -2.41. The van der Waals surface area contributed by atoms with Gasteiger partial charge in [0.15, 0.2) is 0 Å². The van der Waals surface area contributed by atoms with Crippen molar-refractivity contribution in [3.8, 4) is 0 Å². The highest BCUT2D eigenvalue weighted by molar-refractivity contribution is 5.80. The quantitative estimate of drug-likeness (QED) is 0.639. The summed E-state index contributed by atoms with van der Waals surface area (Å²) >= 11 is 0. The molecule has 20 heavy (non-hydrogen) atoms. The van der Waals surface area contributed by atoms with Gasteiger partial charge in [-0.2, -0.15) is 0 Å². The van der Waals surface area contributed by atoms with E-state index in [2.05, 4.69) is 5.32 Å². The predicted octanol–water partition coefficient (Wildman–Crippen LogP) is 1.34. The Kier molecular flexibility index (Phi) is 4.07. The van der Waals surface area contributed by atoms with Gasteiger partial charge in [-0.1, -0.05) is 6.07 Å². The fourth-order valence-corrected chi connectivity index (χ4v) is 2.61. The van der Waals surface area contributed by atoms with E-state index in [4.69, 9.17) is 5.73 Å². The fraction of sp³-hybridized carbons (Fsp3) is 0.462. The molecule has 1 saturated heterocycles. The minimum Gasteiger partial charge on any atom is -0.382 e. The van der Waals surface area contributed by atoms with Gasteiger partial charge in [0.05, 0.1) is 10.8 Å². The number of nitrogens with one attached hydrogen (secondary N) is 1. The molecule has 0 radical (unpaired) electrons. The minimum absolute atomic E-state index is 0.0418. The topological polar surface area (TPSA) is 102 Å². The maximum Gasteiger partial charge on any atom is 0.315 e. The van der Waals surface area contributed by atoms with Crippen molar-refractivity contribution in [2.24, 2.45) is 11.7 Å². The zero-order valence-corrected chi connectivity index (χ0v) is 11.3. The van der Waals surface area contributed by atoms with Gasteiger partial charge in [0.1, 0.15) is 11.4 Å². The molecule has 1 aromatic carbocycles. The van der Waals surface area contributed by atoms with E-state index in [0.717, 1.165) is 12.8 Å². The summed E-state index contributed by atoms with van der Waals surface area (Å²) in [7, 11) is 1.65. The van der Waals surface area contributed by atoms with Crippen LogP contribution in [0.15, 0.2) is 18.2 Å². The molecule has 0 spiro atoms. The highest BCUT2D eigenvalue weighted by Gasteiger charge is 2.29. The number of nitrogens with zero attached hydrogens (tertiary/aromatic N) is 2. The van der Waals surface area contributed by atoms with E-state index in [0.29, 0.717) is 24.5 Å². The maximum atomic E-state index is 11.3. The number of para-hydroxylation sites is 1. The summed E-state index contributed by atoms with van der Waals surface area (Å²) in [5.74, 6) is -0.594. The molecule has 1 fully saturated rings. The number of hydrogen-bond donors (Lipinski definition) is 2. The Hall–Kier alpha value is -2.31. The summed E-state index contributed by atoms with van der Waals surface area (Å²) < 4.78 is 0. The molecule has 1 aliphatic heterocycles. The average Bonchev–Trinajstić information content (AvgIpc) is 2.46. The second-order valence-corrected chi connectivity index (χ2v) is 4.87. The number of nitrogens with two attached hydrogens (primary N) is 1. The third kappa shape index (κ3) is 2.66. The number of nitro groups is 1. The SMILES string of the molecule is CNc1cccc(N2CCCC(C(N)=O)C2)c1[N+](=O)[O-]. The van der Waals surface area contributed by atoms with Crippen molar-refractivity contribution < 1.29 is 9.72 Å². The molecule has 0 aliphatic carbocycles. The molecule has 1 atom stereocenters. The third-order valence-electron chi connectivity index (χ3n) is 3.63. The van der Waals surface area contributed by atoms with Crippen LogP contribution in [0.5, 0.6) is 0 Å². The molecule has 7 nitrogen and oxygen atoms in total. The van der Waals surface area contributed by atoms with Crippen molar-refractivity contribution in [3.05, 3.63) is 28.3 Å². The van der Waals surface area contributed by atoms with Gasteiger partial charge in [-0.05, 0) is 25.0 Å². The second-order valence-electron chi connectivity index (χ2n) is 4.87. The number of rotatable bonds is 4. The first-order chi connectivity index (χ1) is 9.54. The Morgan fingerprint density at radius 1 is 1.55 bits per heavy atom. The molecule has 0 bridgehead atoms. The van der Waals surface area contributed by atoms with Crippen LogP contribution in [0.2, 0.25) is 0 Å². The monoisotopic (exact) mass is 278 g/mol. The van der Waals surface area contributed by atoms with Gasteiger partial charge >= 0.3 is 5.69 Å². The summed E-state index contributed by atoms with van der Waals surface area (Å²) in [6.45, 7) is 1.13. The summed E-state index contributed by atoms with van der Waals surface area (Å²) in [6, 6.07) is 5.14. The molecule has 1 amide bonds. The lowest BCUT2D eigenvalue weighted by molar-refractivity contribution is -0.383. The lowest BCUT2D eigenvalue weighted by Gasteiger charge is -2.32.